The summed E-state index contributed by atoms with van der Waals surface area (Å²) in [5.74, 6) is 0.0845. The van der Waals surface area contributed by atoms with Crippen LogP contribution in [-0.2, 0) is 19.6 Å². The third-order valence-electron chi connectivity index (χ3n) is 4.29. The van der Waals surface area contributed by atoms with Crippen LogP contribution >= 0.6 is 0 Å². The van der Waals surface area contributed by atoms with E-state index in [9.17, 15) is 13.2 Å². The molecular weight excluding hydrogens is 352 g/mol. The van der Waals surface area contributed by atoms with E-state index in [4.69, 9.17) is 4.74 Å². The van der Waals surface area contributed by atoms with Crippen molar-refractivity contribution in [3.8, 4) is 0 Å². The van der Waals surface area contributed by atoms with E-state index >= 15 is 0 Å². The van der Waals surface area contributed by atoms with Gasteiger partial charge in [-0.2, -0.15) is 4.31 Å². The third kappa shape index (κ3) is 5.53. The van der Waals surface area contributed by atoms with Gasteiger partial charge in [0.25, 0.3) is 0 Å². The van der Waals surface area contributed by atoms with Gasteiger partial charge in [-0.25, -0.2) is 8.42 Å². The number of nitrogens with zero attached hydrogens (tertiary/aromatic N) is 2. The molecule has 146 valence electrons. The van der Waals surface area contributed by atoms with Gasteiger partial charge in [0.15, 0.2) is 0 Å². The number of benzene rings is 1. The van der Waals surface area contributed by atoms with Crippen molar-refractivity contribution >= 4 is 16.0 Å². The van der Waals surface area contributed by atoms with Gasteiger partial charge in [-0.3, -0.25) is 9.69 Å². The fraction of sp³-hybridized carbons (Fsp3) is 0.632. The molecule has 0 saturated carbocycles. The first-order valence-electron chi connectivity index (χ1n) is 9.03. The lowest BCUT2D eigenvalue weighted by molar-refractivity contribution is -0.156. The van der Waals surface area contributed by atoms with Gasteiger partial charge >= 0.3 is 5.97 Å². The maximum Gasteiger partial charge on any atom is 0.320 e. The van der Waals surface area contributed by atoms with Crippen LogP contribution in [0.2, 0.25) is 0 Å². The number of hydrogen-bond donors (Lipinski definition) is 0. The van der Waals surface area contributed by atoms with Crippen molar-refractivity contribution in [3.63, 3.8) is 0 Å². The number of rotatable bonds is 5. The lowest BCUT2D eigenvalue weighted by Crippen LogP contribution is -2.50. The Bertz CT molecular complexity index is 713. The van der Waals surface area contributed by atoms with E-state index in [1.807, 2.05) is 37.8 Å². The lowest BCUT2D eigenvalue weighted by Gasteiger charge is -2.33. The maximum absolute atomic E-state index is 12.8. The van der Waals surface area contributed by atoms with E-state index in [-0.39, 0.29) is 12.5 Å². The lowest BCUT2D eigenvalue weighted by atomic mass is 10.0. The Morgan fingerprint density at radius 3 is 2.08 bits per heavy atom. The van der Waals surface area contributed by atoms with Crippen LogP contribution in [0.25, 0.3) is 0 Å². The Labute approximate surface area is 157 Å². The monoisotopic (exact) mass is 382 g/mol. The van der Waals surface area contributed by atoms with Crippen molar-refractivity contribution < 1.29 is 17.9 Å². The summed E-state index contributed by atoms with van der Waals surface area (Å²) >= 11 is 0. The molecule has 0 aromatic heterocycles. The summed E-state index contributed by atoms with van der Waals surface area (Å²) < 4.78 is 32.4. The second-order valence-corrected chi connectivity index (χ2v) is 9.93. The smallest absolute Gasteiger partial charge is 0.320 e. The minimum atomic E-state index is -3.49. The highest BCUT2D eigenvalue weighted by Gasteiger charge is 2.29. The summed E-state index contributed by atoms with van der Waals surface area (Å²) in [7, 11) is -3.49. The first-order chi connectivity index (χ1) is 12.0. The molecule has 6 nitrogen and oxygen atoms in total. The molecule has 2 rings (SSSR count). The number of carbonyl (C=O) groups is 1. The molecule has 1 aromatic carbocycles. The molecule has 1 aliphatic rings. The Hall–Kier alpha value is -1.44. The van der Waals surface area contributed by atoms with Crippen molar-refractivity contribution in [2.45, 2.75) is 51.0 Å². The molecule has 1 aromatic rings. The Morgan fingerprint density at radius 2 is 1.62 bits per heavy atom. The van der Waals surface area contributed by atoms with Gasteiger partial charge in [-0.1, -0.05) is 26.0 Å². The van der Waals surface area contributed by atoms with Gasteiger partial charge in [0.2, 0.25) is 10.0 Å². The number of esters is 1. The molecule has 0 unspecified atom stereocenters. The highest BCUT2D eigenvalue weighted by atomic mass is 32.2. The normalized spacial score (nSPS) is 17.5. The number of ether oxygens (including phenoxy) is 1. The summed E-state index contributed by atoms with van der Waals surface area (Å²) in [6.45, 7) is 11.6. The first kappa shape index (κ1) is 20.9. The Balaban J connectivity index is 1.95. The highest BCUT2D eigenvalue weighted by Crippen LogP contribution is 2.21. The first-order valence-corrected chi connectivity index (χ1v) is 10.5. The van der Waals surface area contributed by atoms with Crippen LogP contribution in [0, 0.1) is 0 Å². The molecule has 1 heterocycles. The molecule has 0 spiro atoms. The van der Waals surface area contributed by atoms with Gasteiger partial charge < -0.3 is 4.74 Å². The topological polar surface area (TPSA) is 66.9 Å². The van der Waals surface area contributed by atoms with Crippen molar-refractivity contribution in [1.29, 1.82) is 0 Å². The number of hydrogen-bond acceptors (Lipinski definition) is 5. The molecule has 26 heavy (non-hydrogen) atoms. The van der Waals surface area contributed by atoms with Crippen LogP contribution < -0.4 is 0 Å². The molecule has 0 aliphatic carbocycles. The predicted molar refractivity (Wildman–Crippen MR) is 102 cm³/mol. The second kappa shape index (κ2) is 8.06. The number of sulfonamides is 1. The van der Waals surface area contributed by atoms with Crippen molar-refractivity contribution in [1.82, 2.24) is 9.21 Å². The summed E-state index contributed by atoms with van der Waals surface area (Å²) in [5.41, 5.74) is 0.607. The Kier molecular flexibility index (Phi) is 6.47. The molecule has 0 bridgehead atoms. The van der Waals surface area contributed by atoms with Gasteiger partial charge in [0, 0.05) is 26.2 Å². The van der Waals surface area contributed by atoms with E-state index in [0.29, 0.717) is 37.0 Å². The van der Waals surface area contributed by atoms with E-state index in [2.05, 4.69) is 13.8 Å². The minimum Gasteiger partial charge on any atom is -0.459 e. The van der Waals surface area contributed by atoms with Crippen molar-refractivity contribution in [2.24, 2.45) is 0 Å². The maximum atomic E-state index is 12.8. The zero-order valence-electron chi connectivity index (χ0n) is 16.4. The fourth-order valence-electron chi connectivity index (χ4n) is 2.86. The van der Waals surface area contributed by atoms with Gasteiger partial charge in [0.1, 0.15) is 5.60 Å². The number of piperazine rings is 1. The molecule has 1 aliphatic heterocycles. The van der Waals surface area contributed by atoms with Crippen LogP contribution in [0.1, 0.15) is 46.1 Å². The quantitative estimate of drug-likeness (QED) is 0.732. The van der Waals surface area contributed by atoms with Crippen molar-refractivity contribution in [2.75, 3.05) is 32.7 Å². The average Bonchev–Trinajstić information content (AvgIpc) is 2.53. The van der Waals surface area contributed by atoms with Gasteiger partial charge in [-0.05, 0) is 44.4 Å². The zero-order chi connectivity index (χ0) is 19.5. The van der Waals surface area contributed by atoms with Crippen LogP contribution in [0.3, 0.4) is 0 Å². The molecule has 1 fully saturated rings. The van der Waals surface area contributed by atoms with E-state index in [0.717, 1.165) is 5.56 Å². The predicted octanol–water partition coefficient (Wildman–Crippen LogP) is 2.46. The van der Waals surface area contributed by atoms with Crippen molar-refractivity contribution in [3.05, 3.63) is 29.8 Å². The fourth-order valence-corrected chi connectivity index (χ4v) is 4.28. The van der Waals surface area contributed by atoms with Gasteiger partial charge in [0.05, 0.1) is 11.4 Å². The van der Waals surface area contributed by atoms with Crippen LogP contribution in [0.4, 0.5) is 0 Å². The summed E-state index contributed by atoms with van der Waals surface area (Å²) in [5, 5.41) is 0. The summed E-state index contributed by atoms with van der Waals surface area (Å²) in [4.78, 5) is 14.2. The highest BCUT2D eigenvalue weighted by molar-refractivity contribution is 7.89. The molecule has 0 amide bonds. The van der Waals surface area contributed by atoms with E-state index in [1.165, 1.54) is 4.31 Å². The molecule has 0 radical (unpaired) electrons. The SMILES string of the molecule is CC(C)c1ccc(S(=O)(=O)N2CCN(CC(=O)OC(C)(C)C)CC2)cc1. The van der Waals surface area contributed by atoms with E-state index in [1.54, 1.807) is 12.1 Å². The second-order valence-electron chi connectivity index (χ2n) is 7.99. The molecular formula is C19H30N2O4S. The summed E-state index contributed by atoms with van der Waals surface area (Å²) in [6.07, 6.45) is 0. The summed E-state index contributed by atoms with van der Waals surface area (Å²) in [6, 6.07) is 7.10. The molecule has 7 heteroatoms. The standard InChI is InChI=1S/C19H30N2O4S/c1-15(2)16-6-8-17(9-7-16)26(23,24)21-12-10-20(11-13-21)14-18(22)25-19(3,4)5/h6-9,15H,10-14H2,1-5H3. The largest absolute Gasteiger partial charge is 0.459 e. The van der Waals surface area contributed by atoms with Crippen LogP contribution in [0.5, 0.6) is 0 Å². The minimum absolute atomic E-state index is 0.189. The Morgan fingerprint density at radius 1 is 1.08 bits per heavy atom. The van der Waals surface area contributed by atoms with Crippen LogP contribution in [-0.4, -0.2) is 61.9 Å². The third-order valence-corrected chi connectivity index (χ3v) is 6.20. The van der Waals surface area contributed by atoms with Gasteiger partial charge in [-0.15, -0.1) is 0 Å². The average molecular weight is 383 g/mol. The van der Waals surface area contributed by atoms with E-state index < -0.39 is 15.6 Å². The molecule has 1 saturated heterocycles. The molecule has 0 N–H and O–H groups in total. The van der Waals surface area contributed by atoms with Crippen LogP contribution in [0.15, 0.2) is 29.2 Å². The number of carbonyl (C=O) groups excluding carboxylic acids is 1. The zero-order valence-corrected chi connectivity index (χ0v) is 17.2. The molecule has 0 atom stereocenters.